The molecule has 1 aromatic carbocycles. The highest BCUT2D eigenvalue weighted by Crippen LogP contribution is 2.25. The molecule has 110 valence electrons. The van der Waals surface area contributed by atoms with Crippen molar-refractivity contribution in [1.82, 2.24) is 9.80 Å². The molecule has 4 nitrogen and oxygen atoms in total. The molecule has 0 aromatic heterocycles. The molecule has 20 heavy (non-hydrogen) atoms. The minimum atomic E-state index is -0.366. The maximum absolute atomic E-state index is 12.6. The Morgan fingerprint density at radius 1 is 1.35 bits per heavy atom. The van der Waals surface area contributed by atoms with E-state index in [1.54, 1.807) is 0 Å². The summed E-state index contributed by atoms with van der Waals surface area (Å²) in [6.45, 7) is 4.60. The molecular weight excluding hydrogens is 250 g/mol. The molecule has 1 aromatic rings. The third-order valence-corrected chi connectivity index (χ3v) is 3.97. The summed E-state index contributed by atoms with van der Waals surface area (Å²) in [5.41, 5.74) is 7.22. The molecule has 0 spiro atoms. The number of nitrogens with zero attached hydrogens (tertiary/aromatic N) is 2. The van der Waals surface area contributed by atoms with E-state index in [1.807, 2.05) is 23.1 Å². The van der Waals surface area contributed by atoms with Crippen LogP contribution in [0.5, 0.6) is 0 Å². The molecule has 1 amide bonds. The number of carbonyl (C=O) groups excluding carboxylic acids is 1. The molecule has 1 heterocycles. The number of hydrogen-bond acceptors (Lipinski definition) is 3. The van der Waals surface area contributed by atoms with E-state index in [0.717, 1.165) is 32.5 Å². The van der Waals surface area contributed by atoms with Gasteiger partial charge in [0.05, 0.1) is 12.1 Å². The first-order valence-corrected chi connectivity index (χ1v) is 7.43. The average molecular weight is 275 g/mol. The summed E-state index contributed by atoms with van der Waals surface area (Å²) in [7, 11) is 2.10. The highest BCUT2D eigenvalue weighted by atomic mass is 16.2. The molecule has 2 atom stereocenters. The van der Waals surface area contributed by atoms with Crippen molar-refractivity contribution in [2.24, 2.45) is 5.73 Å². The molecule has 0 aliphatic carbocycles. The van der Waals surface area contributed by atoms with Gasteiger partial charge in [-0.3, -0.25) is 4.79 Å². The van der Waals surface area contributed by atoms with Crippen LogP contribution in [-0.2, 0) is 4.79 Å². The van der Waals surface area contributed by atoms with Gasteiger partial charge in [-0.15, -0.1) is 0 Å². The Balaban J connectivity index is 2.18. The lowest BCUT2D eigenvalue weighted by atomic mass is 10.0. The lowest BCUT2D eigenvalue weighted by molar-refractivity contribution is -0.137. The van der Waals surface area contributed by atoms with E-state index in [0.29, 0.717) is 0 Å². The zero-order valence-electron chi connectivity index (χ0n) is 12.5. The van der Waals surface area contributed by atoms with Crippen LogP contribution in [0, 0.1) is 0 Å². The number of likely N-dealkylation sites (N-methyl/N-ethyl adjacent to an activating group) is 1. The van der Waals surface area contributed by atoms with Gasteiger partial charge in [-0.1, -0.05) is 43.7 Å². The monoisotopic (exact) mass is 275 g/mol. The third-order valence-electron chi connectivity index (χ3n) is 3.97. The summed E-state index contributed by atoms with van der Waals surface area (Å²) in [5, 5.41) is 0. The number of hydrogen-bond donors (Lipinski definition) is 1. The lowest BCUT2D eigenvalue weighted by Crippen LogP contribution is -2.53. The van der Waals surface area contributed by atoms with Crippen LogP contribution >= 0.6 is 0 Å². The molecule has 2 N–H and O–H groups in total. The van der Waals surface area contributed by atoms with E-state index in [1.165, 1.54) is 5.56 Å². The Morgan fingerprint density at radius 3 is 2.70 bits per heavy atom. The van der Waals surface area contributed by atoms with Crippen molar-refractivity contribution in [3.8, 4) is 0 Å². The van der Waals surface area contributed by atoms with Crippen LogP contribution in [-0.4, -0.2) is 48.4 Å². The van der Waals surface area contributed by atoms with E-state index in [9.17, 15) is 4.79 Å². The van der Waals surface area contributed by atoms with E-state index >= 15 is 0 Å². The van der Waals surface area contributed by atoms with Crippen LogP contribution < -0.4 is 5.73 Å². The standard InChI is InChI=1S/C16H25N3O/c1-3-7-14(17)16(20)19-11-10-18(2)12-15(19)13-8-5-4-6-9-13/h4-6,8-9,14-15H,3,7,10-12,17H2,1-2H3/t14-,15?/m1/s1. The summed E-state index contributed by atoms with van der Waals surface area (Å²) in [5.74, 6) is 0.0915. The molecule has 1 fully saturated rings. The fourth-order valence-corrected chi connectivity index (χ4v) is 2.79. The summed E-state index contributed by atoms with van der Waals surface area (Å²) in [6, 6.07) is 9.99. The topological polar surface area (TPSA) is 49.6 Å². The summed E-state index contributed by atoms with van der Waals surface area (Å²) < 4.78 is 0. The van der Waals surface area contributed by atoms with Gasteiger partial charge in [-0.2, -0.15) is 0 Å². The van der Waals surface area contributed by atoms with Crippen molar-refractivity contribution in [3.05, 3.63) is 35.9 Å². The van der Waals surface area contributed by atoms with Gasteiger partial charge in [0.15, 0.2) is 0 Å². The maximum atomic E-state index is 12.6. The van der Waals surface area contributed by atoms with E-state index in [2.05, 4.69) is 31.0 Å². The minimum absolute atomic E-state index is 0.0915. The molecule has 1 saturated heterocycles. The van der Waals surface area contributed by atoms with E-state index in [-0.39, 0.29) is 18.0 Å². The van der Waals surface area contributed by atoms with Gasteiger partial charge in [-0.25, -0.2) is 0 Å². The number of benzene rings is 1. The van der Waals surface area contributed by atoms with Crippen molar-refractivity contribution in [2.45, 2.75) is 31.8 Å². The Bertz CT molecular complexity index is 435. The van der Waals surface area contributed by atoms with Crippen LogP contribution in [0.4, 0.5) is 0 Å². The number of carbonyl (C=O) groups is 1. The van der Waals surface area contributed by atoms with Gasteiger partial charge in [0, 0.05) is 19.6 Å². The van der Waals surface area contributed by atoms with Gasteiger partial charge in [0.1, 0.15) is 0 Å². The Hall–Kier alpha value is -1.39. The molecule has 0 bridgehead atoms. The number of nitrogens with two attached hydrogens (primary N) is 1. The lowest BCUT2D eigenvalue weighted by Gasteiger charge is -2.41. The molecular formula is C16H25N3O. The third kappa shape index (κ3) is 3.38. The second kappa shape index (κ2) is 6.86. The number of rotatable bonds is 4. The second-order valence-corrected chi connectivity index (χ2v) is 5.62. The first-order valence-electron chi connectivity index (χ1n) is 7.43. The summed E-state index contributed by atoms with van der Waals surface area (Å²) in [4.78, 5) is 16.8. The Kier molecular flexibility index (Phi) is 5.15. The molecule has 0 saturated carbocycles. The molecule has 0 radical (unpaired) electrons. The van der Waals surface area contributed by atoms with Crippen LogP contribution in [0.15, 0.2) is 30.3 Å². The SMILES string of the molecule is CCC[C@@H](N)C(=O)N1CCN(C)CC1c1ccccc1. The highest BCUT2D eigenvalue weighted by Gasteiger charge is 2.32. The normalized spacial score (nSPS) is 21.8. The smallest absolute Gasteiger partial charge is 0.240 e. The van der Waals surface area contributed by atoms with Gasteiger partial charge < -0.3 is 15.5 Å². The summed E-state index contributed by atoms with van der Waals surface area (Å²) >= 11 is 0. The van der Waals surface area contributed by atoms with Crippen LogP contribution in [0.25, 0.3) is 0 Å². The molecule has 4 heteroatoms. The van der Waals surface area contributed by atoms with Crippen molar-refractivity contribution < 1.29 is 4.79 Å². The van der Waals surface area contributed by atoms with Crippen LogP contribution in [0.3, 0.4) is 0 Å². The van der Waals surface area contributed by atoms with Gasteiger partial charge >= 0.3 is 0 Å². The molecule has 1 unspecified atom stereocenters. The van der Waals surface area contributed by atoms with Crippen molar-refractivity contribution in [3.63, 3.8) is 0 Å². The van der Waals surface area contributed by atoms with Crippen molar-refractivity contribution in [2.75, 3.05) is 26.7 Å². The van der Waals surface area contributed by atoms with Gasteiger partial charge in [-0.05, 0) is 19.0 Å². The van der Waals surface area contributed by atoms with E-state index in [4.69, 9.17) is 5.73 Å². The molecule has 1 aliphatic heterocycles. The average Bonchev–Trinajstić information content (AvgIpc) is 2.47. The summed E-state index contributed by atoms with van der Waals surface area (Å²) in [6.07, 6.45) is 1.70. The van der Waals surface area contributed by atoms with Crippen molar-refractivity contribution in [1.29, 1.82) is 0 Å². The fraction of sp³-hybridized carbons (Fsp3) is 0.562. The van der Waals surface area contributed by atoms with Gasteiger partial charge in [0.2, 0.25) is 5.91 Å². The number of piperazine rings is 1. The van der Waals surface area contributed by atoms with Crippen molar-refractivity contribution >= 4 is 5.91 Å². The molecule has 2 rings (SSSR count). The predicted molar refractivity (Wildman–Crippen MR) is 81.3 cm³/mol. The predicted octanol–water partition coefficient (Wildman–Crippen LogP) is 1.63. The maximum Gasteiger partial charge on any atom is 0.240 e. The minimum Gasteiger partial charge on any atom is -0.332 e. The first-order chi connectivity index (χ1) is 9.63. The zero-order valence-corrected chi connectivity index (χ0v) is 12.5. The second-order valence-electron chi connectivity index (χ2n) is 5.62. The Morgan fingerprint density at radius 2 is 2.05 bits per heavy atom. The number of amides is 1. The zero-order chi connectivity index (χ0) is 14.5. The quantitative estimate of drug-likeness (QED) is 0.908. The van der Waals surface area contributed by atoms with Crippen LogP contribution in [0.2, 0.25) is 0 Å². The largest absolute Gasteiger partial charge is 0.332 e. The first kappa shape index (κ1) is 15.0. The Labute approximate surface area is 121 Å². The fourth-order valence-electron chi connectivity index (χ4n) is 2.79. The molecule has 1 aliphatic rings. The van der Waals surface area contributed by atoms with Gasteiger partial charge in [0.25, 0.3) is 0 Å². The highest BCUT2D eigenvalue weighted by molar-refractivity contribution is 5.82. The van der Waals surface area contributed by atoms with Crippen LogP contribution in [0.1, 0.15) is 31.4 Å². The van der Waals surface area contributed by atoms with E-state index < -0.39 is 0 Å².